The van der Waals surface area contributed by atoms with Gasteiger partial charge < -0.3 is 16.0 Å². The summed E-state index contributed by atoms with van der Waals surface area (Å²) in [5, 5.41) is 3.98. The molecule has 0 aliphatic carbocycles. The minimum absolute atomic E-state index is 0. The molecule has 4 N–H and O–H groups in total. The van der Waals surface area contributed by atoms with Crippen molar-refractivity contribution in [1.29, 1.82) is 0 Å². The Kier molecular flexibility index (Phi) is 9.47. The first-order valence-electron chi connectivity index (χ1n) is 9.98. The fourth-order valence-electron chi connectivity index (χ4n) is 3.47. The predicted molar refractivity (Wildman–Crippen MR) is 136 cm³/mol. The van der Waals surface area contributed by atoms with Gasteiger partial charge in [0.25, 0.3) is 0 Å². The molecule has 0 saturated carbocycles. The Morgan fingerprint density at radius 2 is 1.72 bits per heavy atom. The Hall–Kier alpha value is -3.12. The van der Waals surface area contributed by atoms with Crippen molar-refractivity contribution in [2.75, 3.05) is 6.54 Å². The van der Waals surface area contributed by atoms with Crippen LogP contribution in [0.4, 0.5) is 0 Å². The number of aromatic amines is 1. The maximum absolute atomic E-state index is 12.4. The molecule has 0 spiro atoms. The van der Waals surface area contributed by atoms with Gasteiger partial charge >= 0.3 is 0 Å². The first kappa shape index (κ1) is 25.1. The van der Waals surface area contributed by atoms with Crippen molar-refractivity contribution in [3.05, 3.63) is 96.3 Å². The second-order valence-electron chi connectivity index (χ2n) is 7.19. The van der Waals surface area contributed by atoms with E-state index in [0.29, 0.717) is 13.0 Å². The molecule has 1 atom stereocenters. The fraction of sp³-hybridized carbons (Fsp3) is 0.120. The van der Waals surface area contributed by atoms with E-state index in [0.717, 1.165) is 22.2 Å². The van der Waals surface area contributed by atoms with E-state index >= 15 is 0 Å². The van der Waals surface area contributed by atoms with Crippen LogP contribution in [0.3, 0.4) is 0 Å². The molecule has 0 saturated heterocycles. The summed E-state index contributed by atoms with van der Waals surface area (Å²) in [4.78, 5) is 19.7. The molecule has 166 valence electrons. The maximum atomic E-state index is 12.4. The molecule has 0 aliphatic rings. The average Bonchev–Trinajstić information content (AvgIpc) is 3.21. The highest BCUT2D eigenvalue weighted by molar-refractivity contribution is 5.95. The highest BCUT2D eigenvalue weighted by Gasteiger charge is 2.10. The first-order chi connectivity index (χ1) is 14.7. The van der Waals surface area contributed by atoms with Crippen LogP contribution in [-0.2, 0) is 11.2 Å². The largest absolute Gasteiger partial charge is 0.348 e. The molecule has 2 heterocycles. The first-order valence-corrected chi connectivity index (χ1v) is 9.98. The monoisotopic (exact) mass is 468 g/mol. The van der Waals surface area contributed by atoms with E-state index in [1.54, 1.807) is 12.3 Å². The lowest BCUT2D eigenvalue weighted by atomic mass is 10.0. The second-order valence-corrected chi connectivity index (χ2v) is 7.19. The highest BCUT2D eigenvalue weighted by atomic mass is 35.5. The van der Waals surface area contributed by atoms with Crippen molar-refractivity contribution in [1.82, 2.24) is 15.3 Å². The molecule has 32 heavy (non-hydrogen) atoms. The Balaban J connectivity index is 0.00000181. The number of aromatic nitrogens is 2. The van der Waals surface area contributed by atoms with Gasteiger partial charge in [0.15, 0.2) is 0 Å². The predicted octanol–water partition coefficient (Wildman–Crippen LogP) is 4.77. The van der Waals surface area contributed by atoms with Gasteiger partial charge in [-0.2, -0.15) is 0 Å². The molecule has 0 radical (unpaired) electrons. The molecule has 0 unspecified atom stereocenters. The maximum Gasteiger partial charge on any atom is 0.244 e. The summed E-state index contributed by atoms with van der Waals surface area (Å²) < 4.78 is 0. The van der Waals surface area contributed by atoms with Crippen LogP contribution in [0.15, 0.2) is 85.2 Å². The number of H-pyrrole nitrogens is 1. The Labute approximate surface area is 200 Å². The minimum Gasteiger partial charge on any atom is -0.348 e. The zero-order valence-corrected chi connectivity index (χ0v) is 19.0. The van der Waals surface area contributed by atoms with E-state index in [-0.39, 0.29) is 36.8 Å². The van der Waals surface area contributed by atoms with E-state index in [1.165, 1.54) is 17.2 Å². The van der Waals surface area contributed by atoms with E-state index in [9.17, 15) is 4.79 Å². The highest BCUT2D eigenvalue weighted by Crippen LogP contribution is 2.20. The van der Waals surface area contributed by atoms with Crippen LogP contribution in [0.1, 0.15) is 11.1 Å². The van der Waals surface area contributed by atoms with Crippen LogP contribution < -0.4 is 11.1 Å². The second kappa shape index (κ2) is 12.1. The van der Waals surface area contributed by atoms with Crippen molar-refractivity contribution in [3.63, 3.8) is 0 Å². The number of carbonyl (C=O) groups is 1. The Morgan fingerprint density at radius 1 is 1.00 bits per heavy atom. The van der Waals surface area contributed by atoms with Crippen LogP contribution in [0, 0.1) is 0 Å². The van der Waals surface area contributed by atoms with E-state index < -0.39 is 0 Å². The topological polar surface area (TPSA) is 83.8 Å². The number of nitrogens with one attached hydrogen (secondary N) is 2. The molecule has 7 heteroatoms. The summed E-state index contributed by atoms with van der Waals surface area (Å²) in [6.45, 7) is 0.372. The number of nitrogens with zero attached hydrogens (tertiary/aromatic N) is 1. The van der Waals surface area contributed by atoms with Gasteiger partial charge in [-0.15, -0.1) is 24.8 Å². The number of pyridine rings is 1. The van der Waals surface area contributed by atoms with Crippen molar-refractivity contribution in [3.8, 4) is 11.1 Å². The fourth-order valence-corrected chi connectivity index (χ4v) is 3.47. The summed E-state index contributed by atoms with van der Waals surface area (Å²) >= 11 is 0. The Bertz CT molecular complexity index is 1160. The third-order valence-electron chi connectivity index (χ3n) is 5.07. The Morgan fingerprint density at radius 3 is 2.44 bits per heavy atom. The molecule has 5 nitrogen and oxygen atoms in total. The number of carbonyl (C=O) groups excluding carboxylic acids is 1. The SMILES string of the molecule is Cl.Cl.NC[C@H](Cc1ccc(-c2ccccc2)cc1)NC(=O)/C=C/c1c[nH]c2ncccc12. The van der Waals surface area contributed by atoms with Gasteiger partial charge in [0.2, 0.25) is 5.91 Å². The lowest BCUT2D eigenvalue weighted by Gasteiger charge is -2.16. The number of hydrogen-bond donors (Lipinski definition) is 3. The summed E-state index contributed by atoms with van der Waals surface area (Å²) in [5.74, 6) is -0.162. The van der Waals surface area contributed by atoms with E-state index in [2.05, 4.69) is 51.7 Å². The van der Waals surface area contributed by atoms with Crippen LogP contribution in [0.5, 0.6) is 0 Å². The summed E-state index contributed by atoms with van der Waals surface area (Å²) in [6.07, 6.45) is 7.59. The lowest BCUT2D eigenvalue weighted by Crippen LogP contribution is -2.40. The molecule has 4 rings (SSSR count). The molecular weight excluding hydrogens is 443 g/mol. The number of amides is 1. The number of nitrogens with two attached hydrogens (primary N) is 1. The third kappa shape index (κ3) is 6.20. The lowest BCUT2D eigenvalue weighted by molar-refractivity contribution is -0.117. The van der Waals surface area contributed by atoms with Crippen LogP contribution in [0.25, 0.3) is 28.2 Å². The van der Waals surface area contributed by atoms with Gasteiger partial charge in [-0.3, -0.25) is 4.79 Å². The standard InChI is InChI=1S/C25H24N4O.2ClH/c26-16-22(15-18-8-10-20(11-9-18)19-5-2-1-3-6-19)29-24(30)13-12-21-17-28-25-23(21)7-4-14-27-25;;/h1-14,17,22H,15-16,26H2,(H,27,28)(H,29,30);2*1H/b13-12+;;/t22-;;/m0../s1. The molecule has 0 aliphatic heterocycles. The summed E-state index contributed by atoms with van der Waals surface area (Å²) in [5.41, 5.74) is 11.1. The quantitative estimate of drug-likeness (QED) is 0.341. The van der Waals surface area contributed by atoms with Gasteiger partial charge in [-0.1, -0.05) is 54.6 Å². The normalized spacial score (nSPS) is 11.5. The number of hydrogen-bond acceptors (Lipinski definition) is 3. The zero-order chi connectivity index (χ0) is 20.8. The molecule has 0 fully saturated rings. The van der Waals surface area contributed by atoms with Crippen molar-refractivity contribution in [2.24, 2.45) is 5.73 Å². The van der Waals surface area contributed by atoms with Crippen LogP contribution >= 0.6 is 24.8 Å². The van der Waals surface area contributed by atoms with Gasteiger partial charge in [0.05, 0.1) is 0 Å². The van der Waals surface area contributed by atoms with Crippen molar-refractivity contribution >= 4 is 47.8 Å². The molecule has 4 aromatic rings. The molecule has 0 bridgehead atoms. The molecule has 1 amide bonds. The molecule has 2 aromatic carbocycles. The smallest absolute Gasteiger partial charge is 0.244 e. The average molecular weight is 469 g/mol. The van der Waals surface area contributed by atoms with Crippen LogP contribution in [0.2, 0.25) is 0 Å². The van der Waals surface area contributed by atoms with Crippen molar-refractivity contribution < 1.29 is 4.79 Å². The van der Waals surface area contributed by atoms with Gasteiger partial charge in [0, 0.05) is 42.0 Å². The van der Waals surface area contributed by atoms with E-state index in [1.807, 2.05) is 36.5 Å². The van der Waals surface area contributed by atoms with Gasteiger partial charge in [-0.05, 0) is 41.3 Å². The van der Waals surface area contributed by atoms with Crippen LogP contribution in [-0.4, -0.2) is 28.5 Å². The van der Waals surface area contributed by atoms with Crippen molar-refractivity contribution in [2.45, 2.75) is 12.5 Å². The molecular formula is C25H26Cl2N4O. The third-order valence-corrected chi connectivity index (χ3v) is 5.07. The summed E-state index contributed by atoms with van der Waals surface area (Å²) in [6, 6.07) is 22.4. The van der Waals surface area contributed by atoms with Gasteiger partial charge in [0.1, 0.15) is 5.65 Å². The number of rotatable bonds is 7. The number of fused-ring (bicyclic) bond motifs is 1. The minimum atomic E-state index is -0.162. The molecule has 2 aromatic heterocycles. The number of benzene rings is 2. The van der Waals surface area contributed by atoms with E-state index in [4.69, 9.17) is 5.73 Å². The summed E-state index contributed by atoms with van der Waals surface area (Å²) in [7, 11) is 0. The van der Waals surface area contributed by atoms with Gasteiger partial charge in [-0.25, -0.2) is 4.98 Å². The number of halogens is 2. The zero-order valence-electron chi connectivity index (χ0n) is 17.4.